The number of benzene rings is 2. The molecule has 0 aliphatic rings. The van der Waals surface area contributed by atoms with Crippen LogP contribution < -0.4 is 19.1 Å². The maximum absolute atomic E-state index is 12.5. The molecule has 0 aliphatic carbocycles. The van der Waals surface area contributed by atoms with Gasteiger partial charge in [0.15, 0.2) is 0 Å². The van der Waals surface area contributed by atoms with Gasteiger partial charge in [0.2, 0.25) is 15.9 Å². The standard InChI is InChI=1S/C19H22Cl2N2O5S/c1-13(19(24)22-10-11-28-16-7-4-14(20)5-8-16)23(29(3,25)26)15-6-9-18(27-2)17(21)12-15/h4-9,12-13H,10-11H2,1-3H3,(H,22,24)/t13-/m1/s1. The molecule has 0 aromatic heterocycles. The Balaban J connectivity index is 2.03. The zero-order chi connectivity index (χ0) is 21.6. The van der Waals surface area contributed by atoms with Gasteiger partial charge in [-0.3, -0.25) is 9.10 Å². The Labute approximate surface area is 180 Å². The van der Waals surface area contributed by atoms with E-state index in [0.29, 0.717) is 16.5 Å². The Morgan fingerprint density at radius 3 is 2.38 bits per heavy atom. The number of halogens is 2. The Hall–Kier alpha value is -2.16. The van der Waals surface area contributed by atoms with Gasteiger partial charge in [-0.05, 0) is 49.4 Å². The van der Waals surface area contributed by atoms with Crippen molar-refractivity contribution in [2.75, 3.05) is 30.8 Å². The summed E-state index contributed by atoms with van der Waals surface area (Å²) in [5, 5.41) is 3.50. The molecule has 2 aromatic rings. The van der Waals surface area contributed by atoms with Crippen molar-refractivity contribution >= 4 is 44.8 Å². The molecule has 158 valence electrons. The quantitative estimate of drug-likeness (QED) is 0.579. The van der Waals surface area contributed by atoms with E-state index in [1.807, 2.05) is 0 Å². The highest BCUT2D eigenvalue weighted by molar-refractivity contribution is 7.92. The van der Waals surface area contributed by atoms with Gasteiger partial charge in [0, 0.05) is 5.02 Å². The summed E-state index contributed by atoms with van der Waals surface area (Å²) in [7, 11) is -2.29. The molecule has 2 aromatic carbocycles. The number of carbonyl (C=O) groups is 1. The molecular weight excluding hydrogens is 439 g/mol. The first-order valence-electron chi connectivity index (χ1n) is 8.62. The second kappa shape index (κ2) is 10.0. The van der Waals surface area contributed by atoms with Crippen LogP contribution in [0.15, 0.2) is 42.5 Å². The van der Waals surface area contributed by atoms with E-state index in [0.717, 1.165) is 10.6 Å². The molecule has 0 unspecified atom stereocenters. The number of carbonyl (C=O) groups excluding carboxylic acids is 1. The van der Waals surface area contributed by atoms with Crippen LogP contribution in [0.3, 0.4) is 0 Å². The summed E-state index contributed by atoms with van der Waals surface area (Å²) in [4.78, 5) is 12.5. The maximum Gasteiger partial charge on any atom is 0.243 e. The average molecular weight is 461 g/mol. The summed E-state index contributed by atoms with van der Waals surface area (Å²) in [5.41, 5.74) is 0.262. The molecule has 0 spiro atoms. The minimum atomic E-state index is -3.75. The monoisotopic (exact) mass is 460 g/mol. The van der Waals surface area contributed by atoms with Gasteiger partial charge < -0.3 is 14.8 Å². The van der Waals surface area contributed by atoms with Gasteiger partial charge in [0.05, 0.1) is 30.6 Å². The number of nitrogens with zero attached hydrogens (tertiary/aromatic N) is 1. The van der Waals surface area contributed by atoms with E-state index in [-0.39, 0.29) is 23.9 Å². The molecule has 2 rings (SSSR count). The Kier molecular flexibility index (Phi) is 8.01. The van der Waals surface area contributed by atoms with Gasteiger partial charge in [-0.15, -0.1) is 0 Å². The van der Waals surface area contributed by atoms with Crippen molar-refractivity contribution in [2.24, 2.45) is 0 Å². The van der Waals surface area contributed by atoms with Crippen LogP contribution in [0.1, 0.15) is 6.92 Å². The van der Waals surface area contributed by atoms with Crippen molar-refractivity contribution in [3.05, 3.63) is 52.5 Å². The number of sulfonamides is 1. The molecule has 1 N–H and O–H groups in total. The molecule has 0 bridgehead atoms. The normalized spacial score (nSPS) is 12.2. The van der Waals surface area contributed by atoms with Gasteiger partial charge in [-0.25, -0.2) is 8.42 Å². The van der Waals surface area contributed by atoms with E-state index in [9.17, 15) is 13.2 Å². The Bertz CT molecular complexity index is 952. The van der Waals surface area contributed by atoms with E-state index in [2.05, 4.69) is 5.32 Å². The lowest BCUT2D eigenvalue weighted by atomic mass is 10.2. The lowest BCUT2D eigenvalue weighted by molar-refractivity contribution is -0.121. The summed E-state index contributed by atoms with van der Waals surface area (Å²) in [6.45, 7) is 1.91. The average Bonchev–Trinajstić information content (AvgIpc) is 2.65. The van der Waals surface area contributed by atoms with Crippen molar-refractivity contribution < 1.29 is 22.7 Å². The molecule has 0 heterocycles. The maximum atomic E-state index is 12.5. The van der Waals surface area contributed by atoms with Crippen molar-refractivity contribution in [3.63, 3.8) is 0 Å². The fourth-order valence-electron chi connectivity index (χ4n) is 2.62. The predicted octanol–water partition coefficient (Wildman–Crippen LogP) is 3.35. The minimum Gasteiger partial charge on any atom is -0.495 e. The summed E-state index contributed by atoms with van der Waals surface area (Å²) in [5.74, 6) is 0.546. The first-order valence-corrected chi connectivity index (χ1v) is 11.2. The molecular formula is C19H22Cl2N2O5S. The number of hydrogen-bond donors (Lipinski definition) is 1. The smallest absolute Gasteiger partial charge is 0.243 e. The molecule has 0 aliphatic heterocycles. The Morgan fingerprint density at radius 2 is 1.83 bits per heavy atom. The third-order valence-electron chi connectivity index (χ3n) is 3.96. The first kappa shape index (κ1) is 23.1. The number of rotatable bonds is 9. The van der Waals surface area contributed by atoms with Crippen LogP contribution in [0.25, 0.3) is 0 Å². The minimum absolute atomic E-state index is 0.201. The van der Waals surface area contributed by atoms with Gasteiger partial charge in [-0.1, -0.05) is 23.2 Å². The molecule has 1 atom stereocenters. The van der Waals surface area contributed by atoms with E-state index in [1.165, 1.54) is 26.2 Å². The van der Waals surface area contributed by atoms with E-state index in [4.69, 9.17) is 32.7 Å². The highest BCUT2D eigenvalue weighted by Gasteiger charge is 2.29. The lowest BCUT2D eigenvalue weighted by Gasteiger charge is -2.28. The highest BCUT2D eigenvalue weighted by Crippen LogP contribution is 2.31. The molecule has 0 saturated carbocycles. The second-order valence-electron chi connectivity index (χ2n) is 6.15. The summed E-state index contributed by atoms with van der Waals surface area (Å²) < 4.78 is 36.2. The van der Waals surface area contributed by atoms with Crippen molar-refractivity contribution in [1.29, 1.82) is 0 Å². The third-order valence-corrected chi connectivity index (χ3v) is 5.75. The van der Waals surface area contributed by atoms with Gasteiger partial charge in [0.1, 0.15) is 24.1 Å². The zero-order valence-corrected chi connectivity index (χ0v) is 18.5. The number of amides is 1. The summed E-state index contributed by atoms with van der Waals surface area (Å²) in [6.07, 6.45) is 1.03. The topological polar surface area (TPSA) is 84.9 Å². The van der Waals surface area contributed by atoms with Crippen LogP contribution in [0.4, 0.5) is 5.69 Å². The molecule has 1 amide bonds. The van der Waals surface area contributed by atoms with Crippen LogP contribution in [-0.2, 0) is 14.8 Å². The van der Waals surface area contributed by atoms with E-state index in [1.54, 1.807) is 30.3 Å². The number of hydrogen-bond acceptors (Lipinski definition) is 5. The van der Waals surface area contributed by atoms with Gasteiger partial charge in [-0.2, -0.15) is 0 Å². The van der Waals surface area contributed by atoms with Crippen molar-refractivity contribution in [2.45, 2.75) is 13.0 Å². The molecule has 29 heavy (non-hydrogen) atoms. The van der Waals surface area contributed by atoms with E-state index >= 15 is 0 Å². The van der Waals surface area contributed by atoms with Crippen LogP contribution in [0.2, 0.25) is 10.0 Å². The Morgan fingerprint density at radius 1 is 1.17 bits per heavy atom. The van der Waals surface area contributed by atoms with Crippen LogP contribution in [0.5, 0.6) is 11.5 Å². The number of nitrogens with one attached hydrogen (secondary N) is 1. The first-order chi connectivity index (χ1) is 13.6. The van der Waals surface area contributed by atoms with Gasteiger partial charge >= 0.3 is 0 Å². The second-order valence-corrected chi connectivity index (χ2v) is 8.85. The molecule has 0 saturated heterocycles. The largest absolute Gasteiger partial charge is 0.495 e. The van der Waals surface area contributed by atoms with Crippen LogP contribution in [0, 0.1) is 0 Å². The number of anilines is 1. The van der Waals surface area contributed by atoms with Crippen LogP contribution in [-0.4, -0.2) is 46.9 Å². The highest BCUT2D eigenvalue weighted by atomic mass is 35.5. The van der Waals surface area contributed by atoms with E-state index < -0.39 is 22.0 Å². The SMILES string of the molecule is COc1ccc(N([C@H](C)C(=O)NCCOc2ccc(Cl)cc2)S(C)(=O)=O)cc1Cl. The third kappa shape index (κ3) is 6.42. The molecule has 7 nitrogen and oxygen atoms in total. The van der Waals surface area contributed by atoms with Crippen LogP contribution >= 0.6 is 23.2 Å². The fourth-order valence-corrected chi connectivity index (χ4v) is 4.17. The number of ether oxygens (including phenoxy) is 2. The zero-order valence-electron chi connectivity index (χ0n) is 16.2. The fraction of sp³-hybridized carbons (Fsp3) is 0.316. The molecule has 0 radical (unpaired) electrons. The predicted molar refractivity (Wildman–Crippen MR) is 115 cm³/mol. The molecule has 10 heteroatoms. The number of methoxy groups -OCH3 is 1. The van der Waals surface area contributed by atoms with Crippen molar-refractivity contribution in [3.8, 4) is 11.5 Å². The summed E-state index contributed by atoms with van der Waals surface area (Å²) in [6, 6.07) is 10.3. The summed E-state index contributed by atoms with van der Waals surface area (Å²) >= 11 is 11.9. The lowest BCUT2D eigenvalue weighted by Crippen LogP contribution is -2.48. The van der Waals surface area contributed by atoms with Crippen molar-refractivity contribution in [1.82, 2.24) is 5.32 Å². The van der Waals surface area contributed by atoms with Gasteiger partial charge in [0.25, 0.3) is 0 Å². The molecule has 0 fully saturated rings.